The Morgan fingerprint density at radius 3 is 2.52 bits per heavy atom. The standard InChI is InChI=1S/C27H38N2O4/c1-5-32-26(30)17-28-16-21-13-19(2)24(20(3)14-21)15-23-11-12-25(33-18-31-4)27(29-23)22-9-7-6-8-10-22/h11-14,22,28H,5-10,15-18H2,1-4H3. The summed E-state index contributed by atoms with van der Waals surface area (Å²) in [5, 5.41) is 3.17. The van der Waals surface area contributed by atoms with E-state index in [2.05, 4.69) is 43.4 Å². The van der Waals surface area contributed by atoms with Gasteiger partial charge in [-0.1, -0.05) is 31.4 Å². The molecule has 0 bridgehead atoms. The Hall–Kier alpha value is -2.44. The van der Waals surface area contributed by atoms with Gasteiger partial charge in [-0.15, -0.1) is 0 Å². The third kappa shape index (κ3) is 7.27. The molecule has 6 nitrogen and oxygen atoms in total. The normalized spacial score (nSPS) is 14.3. The Balaban J connectivity index is 1.74. The number of hydrogen-bond acceptors (Lipinski definition) is 6. The van der Waals surface area contributed by atoms with Gasteiger partial charge in [-0.3, -0.25) is 9.78 Å². The lowest BCUT2D eigenvalue weighted by Gasteiger charge is -2.24. The molecule has 0 atom stereocenters. The van der Waals surface area contributed by atoms with Crippen LogP contribution in [-0.2, 0) is 27.2 Å². The van der Waals surface area contributed by atoms with Crippen LogP contribution < -0.4 is 10.1 Å². The van der Waals surface area contributed by atoms with Crippen LogP contribution in [-0.4, -0.2) is 38.0 Å². The third-order valence-electron chi connectivity index (χ3n) is 6.29. The molecule has 1 aliphatic rings. The van der Waals surface area contributed by atoms with E-state index in [9.17, 15) is 4.79 Å². The summed E-state index contributed by atoms with van der Waals surface area (Å²) >= 11 is 0. The van der Waals surface area contributed by atoms with E-state index in [-0.39, 0.29) is 19.3 Å². The Morgan fingerprint density at radius 1 is 1.12 bits per heavy atom. The molecule has 0 aliphatic heterocycles. The van der Waals surface area contributed by atoms with Gasteiger partial charge in [0.15, 0.2) is 6.79 Å². The zero-order chi connectivity index (χ0) is 23.6. The molecule has 1 aromatic heterocycles. The van der Waals surface area contributed by atoms with Crippen LogP contribution >= 0.6 is 0 Å². The highest BCUT2D eigenvalue weighted by molar-refractivity contribution is 5.71. The van der Waals surface area contributed by atoms with E-state index < -0.39 is 0 Å². The van der Waals surface area contributed by atoms with Crippen molar-refractivity contribution in [3.63, 3.8) is 0 Å². The number of carbonyl (C=O) groups excluding carboxylic acids is 1. The monoisotopic (exact) mass is 454 g/mol. The predicted molar refractivity (Wildman–Crippen MR) is 130 cm³/mol. The first-order valence-corrected chi connectivity index (χ1v) is 12.1. The van der Waals surface area contributed by atoms with Crippen molar-refractivity contribution in [1.82, 2.24) is 10.3 Å². The zero-order valence-electron chi connectivity index (χ0n) is 20.5. The van der Waals surface area contributed by atoms with E-state index in [0.717, 1.165) is 29.1 Å². The number of pyridine rings is 1. The summed E-state index contributed by atoms with van der Waals surface area (Å²) in [4.78, 5) is 16.6. The number of esters is 1. The molecule has 1 fully saturated rings. The molecule has 1 N–H and O–H groups in total. The number of aryl methyl sites for hydroxylation is 2. The van der Waals surface area contributed by atoms with Crippen LogP contribution in [0.4, 0.5) is 0 Å². The van der Waals surface area contributed by atoms with Crippen molar-refractivity contribution in [1.29, 1.82) is 0 Å². The van der Waals surface area contributed by atoms with Gasteiger partial charge in [0.25, 0.3) is 0 Å². The highest BCUT2D eigenvalue weighted by atomic mass is 16.7. The van der Waals surface area contributed by atoms with E-state index in [1.165, 1.54) is 48.8 Å². The number of nitrogens with one attached hydrogen (secondary N) is 1. The summed E-state index contributed by atoms with van der Waals surface area (Å²) in [6.45, 7) is 7.62. The maximum atomic E-state index is 11.5. The Bertz CT molecular complexity index is 899. The number of rotatable bonds is 11. The fourth-order valence-electron chi connectivity index (χ4n) is 4.68. The smallest absolute Gasteiger partial charge is 0.319 e. The molecular weight excluding hydrogens is 416 g/mol. The summed E-state index contributed by atoms with van der Waals surface area (Å²) in [6, 6.07) is 8.52. The first-order valence-electron chi connectivity index (χ1n) is 12.1. The number of aromatic nitrogens is 1. The highest BCUT2D eigenvalue weighted by Crippen LogP contribution is 2.36. The van der Waals surface area contributed by atoms with Crippen molar-refractivity contribution in [2.24, 2.45) is 0 Å². The molecule has 0 unspecified atom stereocenters. The van der Waals surface area contributed by atoms with Crippen molar-refractivity contribution in [3.8, 4) is 5.75 Å². The fourth-order valence-corrected chi connectivity index (χ4v) is 4.68. The molecule has 1 saturated carbocycles. The van der Waals surface area contributed by atoms with Crippen LogP contribution in [0.2, 0.25) is 0 Å². The summed E-state index contributed by atoms with van der Waals surface area (Å²) in [6.07, 6.45) is 6.95. The lowest BCUT2D eigenvalue weighted by molar-refractivity contribution is -0.142. The maximum absolute atomic E-state index is 11.5. The molecule has 1 aliphatic carbocycles. The van der Waals surface area contributed by atoms with Crippen molar-refractivity contribution < 1.29 is 19.0 Å². The molecule has 33 heavy (non-hydrogen) atoms. The molecule has 6 heteroatoms. The summed E-state index contributed by atoms with van der Waals surface area (Å²) in [7, 11) is 1.64. The van der Waals surface area contributed by atoms with Gasteiger partial charge in [-0.25, -0.2) is 0 Å². The molecule has 0 saturated heterocycles. The number of ether oxygens (including phenoxy) is 3. The van der Waals surface area contributed by atoms with Crippen molar-refractivity contribution >= 4 is 5.97 Å². The maximum Gasteiger partial charge on any atom is 0.319 e. The Labute approximate surface area is 198 Å². The summed E-state index contributed by atoms with van der Waals surface area (Å²) in [5.74, 6) is 1.09. The second-order valence-electron chi connectivity index (χ2n) is 8.87. The second kappa shape index (κ2) is 12.7. The van der Waals surface area contributed by atoms with Gasteiger partial charge in [0.2, 0.25) is 0 Å². The lowest BCUT2D eigenvalue weighted by atomic mass is 9.86. The number of nitrogens with zero attached hydrogens (tertiary/aromatic N) is 1. The third-order valence-corrected chi connectivity index (χ3v) is 6.29. The SMILES string of the molecule is CCOC(=O)CNCc1cc(C)c(Cc2ccc(OCOC)c(C3CCCCC3)n2)c(C)c1. The van der Waals surface area contributed by atoms with Gasteiger partial charge in [-0.05, 0) is 68.0 Å². The van der Waals surface area contributed by atoms with Crippen molar-refractivity contribution in [3.05, 3.63) is 57.9 Å². The molecular formula is C27H38N2O4. The minimum Gasteiger partial charge on any atom is -0.466 e. The van der Waals surface area contributed by atoms with E-state index in [0.29, 0.717) is 19.1 Å². The van der Waals surface area contributed by atoms with Gasteiger partial charge in [0.05, 0.1) is 18.8 Å². The van der Waals surface area contributed by atoms with Crippen LogP contribution in [0, 0.1) is 13.8 Å². The van der Waals surface area contributed by atoms with Crippen molar-refractivity contribution in [2.45, 2.75) is 71.8 Å². The minimum absolute atomic E-state index is 0.221. The molecule has 180 valence electrons. The molecule has 0 amide bonds. The Kier molecular flexibility index (Phi) is 9.70. The van der Waals surface area contributed by atoms with E-state index in [1.54, 1.807) is 7.11 Å². The van der Waals surface area contributed by atoms with Gasteiger partial charge in [-0.2, -0.15) is 0 Å². The van der Waals surface area contributed by atoms with Gasteiger partial charge in [0.1, 0.15) is 5.75 Å². The average molecular weight is 455 g/mol. The average Bonchev–Trinajstić information content (AvgIpc) is 2.81. The fraction of sp³-hybridized carbons (Fsp3) is 0.556. The van der Waals surface area contributed by atoms with Crippen LogP contribution in [0.3, 0.4) is 0 Å². The first kappa shape index (κ1) is 25.2. The molecule has 0 spiro atoms. The number of benzene rings is 1. The topological polar surface area (TPSA) is 69.7 Å². The predicted octanol–water partition coefficient (Wildman–Crippen LogP) is 4.97. The van der Waals surface area contributed by atoms with E-state index >= 15 is 0 Å². The largest absolute Gasteiger partial charge is 0.466 e. The number of hydrogen-bond donors (Lipinski definition) is 1. The number of carbonyl (C=O) groups is 1. The quantitative estimate of drug-likeness (QED) is 0.382. The van der Waals surface area contributed by atoms with Crippen LogP contribution in [0.25, 0.3) is 0 Å². The molecule has 3 rings (SSSR count). The lowest BCUT2D eigenvalue weighted by Crippen LogP contribution is -2.24. The highest BCUT2D eigenvalue weighted by Gasteiger charge is 2.22. The Morgan fingerprint density at radius 2 is 1.85 bits per heavy atom. The van der Waals surface area contributed by atoms with Crippen LogP contribution in [0.15, 0.2) is 24.3 Å². The van der Waals surface area contributed by atoms with E-state index in [1.807, 2.05) is 6.92 Å². The molecule has 2 aromatic rings. The van der Waals surface area contributed by atoms with Gasteiger partial charge < -0.3 is 19.5 Å². The summed E-state index contributed by atoms with van der Waals surface area (Å²) < 4.78 is 16.0. The van der Waals surface area contributed by atoms with Gasteiger partial charge in [0, 0.05) is 31.7 Å². The number of methoxy groups -OCH3 is 1. The minimum atomic E-state index is -0.222. The summed E-state index contributed by atoms with van der Waals surface area (Å²) in [5.41, 5.74) is 7.10. The molecule has 0 radical (unpaired) electrons. The van der Waals surface area contributed by atoms with E-state index in [4.69, 9.17) is 19.2 Å². The molecule has 1 heterocycles. The van der Waals surface area contributed by atoms with Crippen LogP contribution in [0.5, 0.6) is 5.75 Å². The second-order valence-corrected chi connectivity index (χ2v) is 8.87. The van der Waals surface area contributed by atoms with Gasteiger partial charge >= 0.3 is 5.97 Å². The zero-order valence-corrected chi connectivity index (χ0v) is 20.5. The van der Waals surface area contributed by atoms with Crippen molar-refractivity contribution in [2.75, 3.05) is 27.1 Å². The first-order chi connectivity index (χ1) is 16.0. The molecule has 1 aromatic carbocycles. The van der Waals surface area contributed by atoms with Crippen LogP contribution in [0.1, 0.15) is 78.6 Å².